The average Bonchev–Trinajstić information content (AvgIpc) is 2.88. The zero-order valence-corrected chi connectivity index (χ0v) is 11.5. The van der Waals surface area contributed by atoms with Crippen LogP contribution in [-0.4, -0.2) is 31.4 Å². The van der Waals surface area contributed by atoms with Gasteiger partial charge in [-0.1, -0.05) is 17.8 Å². The number of amidine groups is 1. The van der Waals surface area contributed by atoms with E-state index < -0.39 is 20.2 Å². The van der Waals surface area contributed by atoms with Crippen LogP contribution in [0.1, 0.15) is 0 Å². The molecule has 0 amide bonds. The number of benzene rings is 1. The molecule has 108 valence electrons. The van der Waals surface area contributed by atoms with E-state index >= 15 is 0 Å². The third-order valence-corrected chi connectivity index (χ3v) is 4.59. The van der Waals surface area contributed by atoms with Crippen molar-refractivity contribution in [1.82, 2.24) is 0 Å². The van der Waals surface area contributed by atoms with Crippen molar-refractivity contribution in [3.8, 4) is 0 Å². The van der Waals surface area contributed by atoms with Gasteiger partial charge in [-0.3, -0.25) is 4.99 Å². The van der Waals surface area contributed by atoms with Crippen molar-refractivity contribution in [1.29, 1.82) is 0 Å². The summed E-state index contributed by atoms with van der Waals surface area (Å²) in [7, 11) is -5.37. The zero-order chi connectivity index (χ0) is 14.8. The average molecular weight is 323 g/mol. The summed E-state index contributed by atoms with van der Waals surface area (Å²) in [6.07, 6.45) is 0. The fraction of sp³-hybridized carbons (Fsp3) is 0.300. The van der Waals surface area contributed by atoms with Gasteiger partial charge in [0.25, 0.3) is 9.84 Å². The second-order valence-corrected chi connectivity index (χ2v) is 6.66. The Balaban J connectivity index is 2.29. The molecule has 0 aromatic heterocycles. The minimum atomic E-state index is -5.37. The number of azo groups is 1. The molecule has 1 aromatic carbocycles. The van der Waals surface area contributed by atoms with E-state index in [1.165, 1.54) is 23.9 Å². The summed E-state index contributed by atoms with van der Waals surface area (Å²) in [5.74, 6) is 0.775. The minimum absolute atomic E-state index is 0.0190. The summed E-state index contributed by atoms with van der Waals surface area (Å²) in [5, 5.41) is 7.85. The summed E-state index contributed by atoms with van der Waals surface area (Å²) in [5.41, 5.74) is -5.32. The molecule has 1 heterocycles. The smallest absolute Gasteiger partial charge is 0.258 e. The van der Waals surface area contributed by atoms with Crippen molar-refractivity contribution in [3.05, 3.63) is 24.3 Å². The van der Waals surface area contributed by atoms with Gasteiger partial charge in [-0.2, -0.15) is 13.2 Å². The van der Waals surface area contributed by atoms with Crippen LogP contribution in [0.4, 0.5) is 18.9 Å². The van der Waals surface area contributed by atoms with Crippen LogP contribution in [-0.2, 0) is 9.84 Å². The number of alkyl halides is 3. The molecule has 0 N–H and O–H groups in total. The molecule has 1 aliphatic heterocycles. The van der Waals surface area contributed by atoms with E-state index in [9.17, 15) is 21.6 Å². The largest absolute Gasteiger partial charge is 0.501 e. The first-order valence-corrected chi connectivity index (χ1v) is 7.78. The van der Waals surface area contributed by atoms with E-state index in [4.69, 9.17) is 0 Å². The van der Waals surface area contributed by atoms with Gasteiger partial charge in [0.1, 0.15) is 0 Å². The molecule has 1 aromatic rings. The molecule has 0 radical (unpaired) electrons. The maximum absolute atomic E-state index is 12.4. The highest BCUT2D eigenvalue weighted by Crippen LogP contribution is 2.31. The lowest BCUT2D eigenvalue weighted by Crippen LogP contribution is -2.23. The second-order valence-electron chi connectivity index (χ2n) is 3.66. The fourth-order valence-electron chi connectivity index (χ4n) is 1.33. The number of sulfone groups is 1. The van der Waals surface area contributed by atoms with Crippen LogP contribution >= 0.6 is 11.8 Å². The predicted molar refractivity (Wildman–Crippen MR) is 69.0 cm³/mol. The number of hydrogen-bond donors (Lipinski definition) is 0. The maximum atomic E-state index is 12.4. The Morgan fingerprint density at radius 3 is 2.60 bits per heavy atom. The molecule has 0 aliphatic carbocycles. The standard InChI is InChI=1S/C10H8F3N3O2S2/c11-10(12,13)20(17,18)8-3-1-2-7(6-8)15-16-9-14-4-5-19-9/h1-3,6H,4-5H2. The Labute approximate surface area is 116 Å². The molecule has 0 bridgehead atoms. The summed E-state index contributed by atoms with van der Waals surface area (Å²) in [6, 6.07) is 4.23. The van der Waals surface area contributed by atoms with Gasteiger partial charge in [0.15, 0.2) is 0 Å². The van der Waals surface area contributed by atoms with Crippen LogP contribution in [0, 0.1) is 0 Å². The van der Waals surface area contributed by atoms with Gasteiger partial charge < -0.3 is 0 Å². The molecule has 2 rings (SSSR count). The zero-order valence-electron chi connectivity index (χ0n) is 9.83. The van der Waals surface area contributed by atoms with E-state index in [-0.39, 0.29) is 5.69 Å². The molecule has 10 heteroatoms. The van der Waals surface area contributed by atoms with Gasteiger partial charge in [-0.25, -0.2) is 8.42 Å². The molecular formula is C10H8F3N3O2S2. The van der Waals surface area contributed by atoms with Crippen molar-refractivity contribution < 1.29 is 21.6 Å². The lowest BCUT2D eigenvalue weighted by atomic mass is 10.3. The van der Waals surface area contributed by atoms with E-state index in [1.54, 1.807) is 0 Å². The van der Waals surface area contributed by atoms with Gasteiger partial charge in [-0.15, -0.1) is 10.2 Å². The molecule has 0 saturated heterocycles. The maximum Gasteiger partial charge on any atom is 0.501 e. The summed E-state index contributed by atoms with van der Waals surface area (Å²) >= 11 is 1.37. The Bertz CT molecular complexity index is 669. The number of halogens is 3. The Morgan fingerprint density at radius 1 is 1.25 bits per heavy atom. The molecule has 0 unspecified atom stereocenters. The van der Waals surface area contributed by atoms with Crippen LogP contribution in [0.3, 0.4) is 0 Å². The predicted octanol–water partition coefficient (Wildman–Crippen LogP) is 3.17. The molecule has 1 aliphatic rings. The third-order valence-electron chi connectivity index (χ3n) is 2.25. The van der Waals surface area contributed by atoms with Crippen molar-refractivity contribution in [2.75, 3.05) is 12.3 Å². The first kappa shape index (κ1) is 15.0. The van der Waals surface area contributed by atoms with Crippen LogP contribution < -0.4 is 0 Å². The third kappa shape index (κ3) is 3.18. The number of hydrogen-bond acceptors (Lipinski definition) is 6. The van der Waals surface area contributed by atoms with Crippen molar-refractivity contribution in [3.63, 3.8) is 0 Å². The van der Waals surface area contributed by atoms with Gasteiger partial charge in [0.2, 0.25) is 5.17 Å². The lowest BCUT2D eigenvalue weighted by Gasteiger charge is -2.07. The number of rotatable bonds is 2. The first-order chi connectivity index (χ1) is 9.30. The molecule has 0 spiro atoms. The van der Waals surface area contributed by atoms with Crippen LogP contribution in [0.5, 0.6) is 0 Å². The normalized spacial score (nSPS) is 16.6. The second kappa shape index (κ2) is 5.52. The molecule has 0 saturated carbocycles. The number of thioether (sulfide) groups is 1. The van der Waals surface area contributed by atoms with Crippen LogP contribution in [0.15, 0.2) is 44.4 Å². The van der Waals surface area contributed by atoms with E-state index in [0.29, 0.717) is 11.7 Å². The Kier molecular flexibility index (Phi) is 4.14. The van der Waals surface area contributed by atoms with Crippen molar-refractivity contribution >= 4 is 32.5 Å². The van der Waals surface area contributed by atoms with Crippen LogP contribution in [0.25, 0.3) is 0 Å². The lowest BCUT2D eigenvalue weighted by molar-refractivity contribution is -0.0435. The molecule has 5 nitrogen and oxygen atoms in total. The van der Waals surface area contributed by atoms with E-state index in [1.807, 2.05) is 0 Å². The van der Waals surface area contributed by atoms with Gasteiger partial charge in [0.05, 0.1) is 17.1 Å². The van der Waals surface area contributed by atoms with Gasteiger partial charge >= 0.3 is 5.51 Å². The molecule has 20 heavy (non-hydrogen) atoms. The Hall–Kier alpha value is -1.42. The van der Waals surface area contributed by atoms with Crippen LogP contribution in [0.2, 0.25) is 0 Å². The quantitative estimate of drug-likeness (QED) is 0.785. The van der Waals surface area contributed by atoms with Gasteiger partial charge in [-0.05, 0) is 18.2 Å². The number of nitrogens with zero attached hydrogens (tertiary/aromatic N) is 3. The fourth-order valence-corrected chi connectivity index (χ4v) is 2.78. The SMILES string of the molecule is O=S(=O)(c1cccc(N=NC2=NCCS2)c1)C(F)(F)F. The monoisotopic (exact) mass is 323 g/mol. The minimum Gasteiger partial charge on any atom is -0.258 e. The summed E-state index contributed by atoms with van der Waals surface area (Å²) in [6.45, 7) is 0.613. The topological polar surface area (TPSA) is 71.2 Å². The summed E-state index contributed by atoms with van der Waals surface area (Å²) in [4.78, 5) is 3.12. The highest BCUT2D eigenvalue weighted by molar-refractivity contribution is 8.14. The Morgan fingerprint density at radius 2 is 2.00 bits per heavy atom. The molecule has 0 atom stereocenters. The molecule has 0 fully saturated rings. The van der Waals surface area contributed by atoms with E-state index in [2.05, 4.69) is 15.2 Å². The summed E-state index contributed by atoms with van der Waals surface area (Å²) < 4.78 is 59.7. The first-order valence-electron chi connectivity index (χ1n) is 5.31. The van der Waals surface area contributed by atoms with Crippen molar-refractivity contribution in [2.24, 2.45) is 15.2 Å². The van der Waals surface area contributed by atoms with Gasteiger partial charge in [0, 0.05) is 5.75 Å². The highest BCUT2D eigenvalue weighted by atomic mass is 32.2. The number of aliphatic imine (C=N–C) groups is 1. The van der Waals surface area contributed by atoms with Crippen molar-refractivity contribution in [2.45, 2.75) is 10.4 Å². The highest BCUT2D eigenvalue weighted by Gasteiger charge is 2.46. The molecular weight excluding hydrogens is 315 g/mol. The van der Waals surface area contributed by atoms with E-state index in [0.717, 1.165) is 17.9 Å².